The van der Waals surface area contributed by atoms with Gasteiger partial charge in [-0.15, -0.1) is 0 Å². The molecule has 1 saturated carbocycles. The summed E-state index contributed by atoms with van der Waals surface area (Å²) in [5.41, 5.74) is 0. The number of hydrogen-bond acceptors (Lipinski definition) is 0. The topological polar surface area (TPSA) is 0 Å². The highest BCUT2D eigenvalue weighted by Crippen LogP contribution is 2.46. The van der Waals surface area contributed by atoms with E-state index < -0.39 is 0 Å². The van der Waals surface area contributed by atoms with Crippen LogP contribution in [-0.4, -0.2) is 0 Å². The molecule has 1 aliphatic rings. The summed E-state index contributed by atoms with van der Waals surface area (Å²) in [6.45, 7) is 9.39. The Hall–Kier alpha value is 0. The Morgan fingerprint density at radius 2 is 0.425 bits per heavy atom. The van der Waals surface area contributed by atoms with Crippen molar-refractivity contribution in [3.05, 3.63) is 0 Å². The fourth-order valence-electron chi connectivity index (χ4n) is 8.06. The van der Waals surface area contributed by atoms with E-state index >= 15 is 0 Å². The first-order valence-electron chi connectivity index (χ1n) is 19.8. The second-order valence-corrected chi connectivity index (χ2v) is 14.4. The molecule has 0 aromatic rings. The Kier molecular flexibility index (Phi) is 27.7. The van der Waals surface area contributed by atoms with Crippen molar-refractivity contribution in [2.75, 3.05) is 0 Å². The molecule has 0 N–H and O–H groups in total. The molecule has 1 aliphatic carbocycles. The lowest BCUT2D eigenvalue weighted by atomic mass is 9.63. The molecule has 0 spiro atoms. The molecule has 0 aromatic carbocycles. The highest BCUT2D eigenvalue weighted by molar-refractivity contribution is 4.86. The predicted molar refractivity (Wildman–Crippen MR) is 184 cm³/mol. The Morgan fingerprint density at radius 1 is 0.250 bits per heavy atom. The van der Waals surface area contributed by atoms with E-state index in [0.717, 1.165) is 23.7 Å². The van der Waals surface area contributed by atoms with Gasteiger partial charge in [-0.1, -0.05) is 220 Å². The molecule has 1 rings (SSSR count). The smallest absolute Gasteiger partial charge is 0.0383 e. The van der Waals surface area contributed by atoms with Crippen LogP contribution in [0.25, 0.3) is 0 Å². The van der Waals surface area contributed by atoms with Crippen LogP contribution < -0.4 is 0 Å². The lowest BCUT2D eigenvalue weighted by Gasteiger charge is -2.42. The van der Waals surface area contributed by atoms with Crippen molar-refractivity contribution in [1.82, 2.24) is 0 Å². The molecule has 4 unspecified atom stereocenters. The number of rotatable bonds is 30. The van der Waals surface area contributed by atoms with Crippen molar-refractivity contribution in [2.45, 2.75) is 233 Å². The summed E-state index contributed by atoms with van der Waals surface area (Å²) in [7, 11) is 0. The van der Waals surface area contributed by atoms with Gasteiger partial charge in [0, 0.05) is 0 Å². The minimum atomic E-state index is 1.06. The molecule has 0 saturated heterocycles. The molecule has 240 valence electrons. The third-order valence-electron chi connectivity index (χ3n) is 10.8. The second kappa shape index (κ2) is 29.1. The van der Waals surface area contributed by atoms with E-state index in [0.29, 0.717) is 0 Å². The van der Waals surface area contributed by atoms with E-state index in [4.69, 9.17) is 0 Å². The first kappa shape index (κ1) is 38.0. The summed E-state index contributed by atoms with van der Waals surface area (Å²) in [5.74, 6) is 4.23. The molecule has 0 aliphatic heterocycles. The lowest BCUT2D eigenvalue weighted by Crippen LogP contribution is -2.32. The average molecular weight is 561 g/mol. The Bertz CT molecular complexity index is 436. The molecule has 4 atom stereocenters. The van der Waals surface area contributed by atoms with Gasteiger partial charge >= 0.3 is 0 Å². The van der Waals surface area contributed by atoms with Crippen molar-refractivity contribution in [2.24, 2.45) is 23.7 Å². The average Bonchev–Trinajstić information content (AvgIpc) is 2.96. The van der Waals surface area contributed by atoms with Gasteiger partial charge in [0.15, 0.2) is 0 Å². The Labute approximate surface area is 256 Å². The zero-order valence-corrected chi connectivity index (χ0v) is 28.9. The second-order valence-electron chi connectivity index (χ2n) is 14.4. The molecule has 40 heavy (non-hydrogen) atoms. The summed E-state index contributed by atoms with van der Waals surface area (Å²) >= 11 is 0. The maximum Gasteiger partial charge on any atom is -0.0383 e. The zero-order chi connectivity index (χ0) is 28.9. The van der Waals surface area contributed by atoms with Crippen LogP contribution in [0.1, 0.15) is 233 Å². The molecule has 0 nitrogen and oxygen atoms in total. The van der Waals surface area contributed by atoms with Crippen LogP contribution in [0.5, 0.6) is 0 Å². The minimum absolute atomic E-state index is 1.06. The highest BCUT2D eigenvalue weighted by atomic mass is 14.4. The monoisotopic (exact) mass is 561 g/mol. The van der Waals surface area contributed by atoms with Crippen LogP contribution in [-0.2, 0) is 0 Å². The quantitative estimate of drug-likeness (QED) is 0.0766. The van der Waals surface area contributed by atoms with Crippen LogP contribution >= 0.6 is 0 Å². The van der Waals surface area contributed by atoms with Crippen molar-refractivity contribution < 1.29 is 0 Å². The Balaban J connectivity index is 2.62. The number of hydrogen-bond donors (Lipinski definition) is 0. The van der Waals surface area contributed by atoms with Gasteiger partial charge in [-0.3, -0.25) is 0 Å². The zero-order valence-electron chi connectivity index (χ0n) is 28.9. The maximum atomic E-state index is 2.36. The van der Waals surface area contributed by atoms with Crippen LogP contribution in [0.4, 0.5) is 0 Å². The van der Waals surface area contributed by atoms with Crippen molar-refractivity contribution in [1.29, 1.82) is 0 Å². The molecule has 0 aromatic heterocycles. The Morgan fingerprint density at radius 3 is 0.625 bits per heavy atom. The molecule has 0 amide bonds. The third-order valence-corrected chi connectivity index (χ3v) is 10.8. The summed E-state index contributed by atoms with van der Waals surface area (Å²) in [6.07, 6.45) is 47.7. The summed E-state index contributed by atoms with van der Waals surface area (Å²) in [4.78, 5) is 0. The van der Waals surface area contributed by atoms with Gasteiger partial charge in [0.25, 0.3) is 0 Å². The molecule has 0 radical (unpaired) electrons. The summed E-state index contributed by atoms with van der Waals surface area (Å²) < 4.78 is 0. The van der Waals surface area contributed by atoms with Crippen molar-refractivity contribution in [3.8, 4) is 0 Å². The SMILES string of the molecule is CCCCCCCCCCC1CC(CCCCCCC)C(CCCCCCC)CC1CCCCCCCCCC. The van der Waals surface area contributed by atoms with Gasteiger partial charge in [0.05, 0.1) is 0 Å². The van der Waals surface area contributed by atoms with E-state index in [9.17, 15) is 0 Å². The normalized spacial score (nSPS) is 21.3. The van der Waals surface area contributed by atoms with Crippen molar-refractivity contribution in [3.63, 3.8) is 0 Å². The molecule has 0 heteroatoms. The molecule has 0 heterocycles. The predicted octanol–water partition coefficient (Wildman–Crippen LogP) is 15.0. The summed E-state index contributed by atoms with van der Waals surface area (Å²) in [5, 5.41) is 0. The van der Waals surface area contributed by atoms with Crippen LogP contribution in [0.3, 0.4) is 0 Å². The third kappa shape index (κ3) is 20.8. The van der Waals surface area contributed by atoms with Crippen LogP contribution in [0.15, 0.2) is 0 Å². The van der Waals surface area contributed by atoms with E-state index in [-0.39, 0.29) is 0 Å². The number of unbranched alkanes of at least 4 members (excludes halogenated alkanes) is 22. The van der Waals surface area contributed by atoms with Gasteiger partial charge in [0.2, 0.25) is 0 Å². The van der Waals surface area contributed by atoms with E-state index in [1.165, 1.54) is 167 Å². The lowest BCUT2D eigenvalue weighted by molar-refractivity contribution is 0.0814. The van der Waals surface area contributed by atoms with Crippen LogP contribution in [0.2, 0.25) is 0 Å². The van der Waals surface area contributed by atoms with Gasteiger partial charge in [-0.2, -0.15) is 0 Å². The first-order chi connectivity index (χ1) is 19.8. The first-order valence-corrected chi connectivity index (χ1v) is 19.8. The molecule has 0 bridgehead atoms. The largest absolute Gasteiger partial charge is 0.0654 e. The fourth-order valence-corrected chi connectivity index (χ4v) is 8.06. The summed E-state index contributed by atoms with van der Waals surface area (Å²) in [6, 6.07) is 0. The van der Waals surface area contributed by atoms with E-state index in [1.54, 1.807) is 38.5 Å². The standard InChI is InChI=1S/C40H80/c1-5-9-13-17-19-21-25-29-33-39-35-37(31-27-23-15-11-7-3)38(32-28-24-16-12-8-4)36-40(39)34-30-26-22-20-18-14-10-6-2/h37-40H,5-36H2,1-4H3. The van der Waals surface area contributed by atoms with Gasteiger partial charge in [-0.05, 0) is 36.5 Å². The highest BCUT2D eigenvalue weighted by Gasteiger charge is 2.35. The molecule has 1 fully saturated rings. The van der Waals surface area contributed by atoms with Gasteiger partial charge in [-0.25, -0.2) is 0 Å². The molecular formula is C40H80. The minimum Gasteiger partial charge on any atom is -0.0654 e. The van der Waals surface area contributed by atoms with E-state index in [2.05, 4.69) is 27.7 Å². The maximum absolute atomic E-state index is 2.36. The van der Waals surface area contributed by atoms with E-state index in [1.807, 2.05) is 0 Å². The molecular weight excluding hydrogens is 480 g/mol. The van der Waals surface area contributed by atoms with Gasteiger partial charge < -0.3 is 0 Å². The fraction of sp³-hybridized carbons (Fsp3) is 1.00. The van der Waals surface area contributed by atoms with Crippen molar-refractivity contribution >= 4 is 0 Å². The van der Waals surface area contributed by atoms with Gasteiger partial charge in [0.1, 0.15) is 0 Å². The van der Waals surface area contributed by atoms with Crippen LogP contribution in [0, 0.1) is 23.7 Å².